The van der Waals surface area contributed by atoms with E-state index in [1.165, 1.54) is 25.1 Å². The summed E-state index contributed by atoms with van der Waals surface area (Å²) in [7, 11) is -4.34. The van der Waals surface area contributed by atoms with E-state index in [9.17, 15) is 35.6 Å². The van der Waals surface area contributed by atoms with E-state index in [1.54, 1.807) is 6.92 Å². The van der Waals surface area contributed by atoms with Crippen molar-refractivity contribution >= 4 is 33.4 Å². The molecule has 3 atom stereocenters. The van der Waals surface area contributed by atoms with Crippen molar-refractivity contribution in [3.63, 3.8) is 0 Å². The van der Waals surface area contributed by atoms with Crippen molar-refractivity contribution in [2.75, 3.05) is 29.3 Å². The van der Waals surface area contributed by atoms with Gasteiger partial charge in [-0.3, -0.25) is 14.4 Å². The van der Waals surface area contributed by atoms with Gasteiger partial charge in [-0.05, 0) is 76.1 Å². The molecule has 4 rings (SSSR count). The van der Waals surface area contributed by atoms with Gasteiger partial charge >= 0.3 is 12.3 Å². The number of nitrogens with zero attached hydrogens (tertiary/aromatic N) is 1. The third-order valence-electron chi connectivity index (χ3n) is 7.10. The minimum absolute atomic E-state index is 0.0368. The summed E-state index contributed by atoms with van der Waals surface area (Å²) in [5.41, 5.74) is -2.81. The molecule has 42 heavy (non-hydrogen) atoms. The van der Waals surface area contributed by atoms with Crippen LogP contribution in [0.2, 0.25) is 0 Å². The maximum Gasteiger partial charge on any atom is 0.427 e. The van der Waals surface area contributed by atoms with Crippen LogP contribution in [0.1, 0.15) is 32.8 Å². The highest BCUT2D eigenvalue weighted by Crippen LogP contribution is 2.40. The van der Waals surface area contributed by atoms with Gasteiger partial charge in [0.25, 0.3) is 10.0 Å². The van der Waals surface area contributed by atoms with Crippen LogP contribution in [0.4, 0.5) is 33.7 Å². The maximum absolute atomic E-state index is 13.9. The molecule has 0 radical (unpaired) electrons. The van der Waals surface area contributed by atoms with Gasteiger partial charge in [-0.1, -0.05) is 0 Å². The standard InChI is InChI=1S/C27H31F4N3O7S/c1-15-11-19(6-7-21(15)28)42(37,38)34-14-18(13-32-24(35)20-9-10-39-16(20)2)40-23-8-5-17(12-22(23)34)33-25(36)41-26(3,4)27(29,30)31/h5-8,11-12,16,18,20H,9-10,13-14H2,1-4H3,(H,32,35)(H,33,36)/t16?,18-,20?/m0/s1. The number of carbonyl (C=O) groups is 2. The number of alkyl halides is 3. The van der Waals surface area contributed by atoms with E-state index >= 15 is 0 Å². The lowest BCUT2D eigenvalue weighted by Crippen LogP contribution is -2.49. The SMILES string of the molecule is Cc1cc(S(=O)(=O)N2C[C@H](CNC(=O)C3CCOC3C)Oc3ccc(NC(=O)OC(C)(C)C(F)(F)F)cc32)ccc1F. The quantitative estimate of drug-likeness (QED) is 0.438. The number of hydrogen-bond donors (Lipinski definition) is 2. The largest absolute Gasteiger partial charge is 0.484 e. The molecule has 2 aliphatic heterocycles. The minimum Gasteiger partial charge on any atom is -0.484 e. The minimum atomic E-state index is -4.83. The molecule has 2 aromatic carbocycles. The number of anilines is 2. The van der Waals surface area contributed by atoms with Crippen LogP contribution in [0.25, 0.3) is 0 Å². The highest BCUT2D eigenvalue weighted by molar-refractivity contribution is 7.92. The van der Waals surface area contributed by atoms with Crippen molar-refractivity contribution in [2.45, 2.75) is 63.0 Å². The number of fused-ring (bicyclic) bond motifs is 1. The predicted octanol–water partition coefficient (Wildman–Crippen LogP) is 4.52. The van der Waals surface area contributed by atoms with Crippen molar-refractivity contribution in [1.82, 2.24) is 5.32 Å². The molecule has 0 aromatic heterocycles. The van der Waals surface area contributed by atoms with Gasteiger partial charge in [0.2, 0.25) is 11.5 Å². The molecule has 2 aromatic rings. The number of carbonyl (C=O) groups excluding carboxylic acids is 2. The molecule has 230 valence electrons. The van der Waals surface area contributed by atoms with Crippen LogP contribution < -0.4 is 19.7 Å². The van der Waals surface area contributed by atoms with Gasteiger partial charge in [0.05, 0.1) is 35.7 Å². The fourth-order valence-electron chi connectivity index (χ4n) is 4.48. The predicted molar refractivity (Wildman–Crippen MR) is 143 cm³/mol. The molecule has 2 amide bonds. The van der Waals surface area contributed by atoms with Gasteiger partial charge in [-0.15, -0.1) is 0 Å². The lowest BCUT2D eigenvalue weighted by Gasteiger charge is -2.36. The number of amides is 2. The number of hydrogen-bond acceptors (Lipinski definition) is 7. The first-order valence-electron chi connectivity index (χ1n) is 13.1. The third-order valence-corrected chi connectivity index (χ3v) is 8.88. The first-order valence-corrected chi connectivity index (χ1v) is 14.5. The Morgan fingerprint density at radius 1 is 1.14 bits per heavy atom. The molecule has 2 aliphatic rings. The zero-order chi connectivity index (χ0) is 31.0. The van der Waals surface area contributed by atoms with E-state index < -0.39 is 39.8 Å². The van der Waals surface area contributed by atoms with Crippen molar-refractivity contribution in [3.05, 3.63) is 47.8 Å². The van der Waals surface area contributed by atoms with Crippen LogP contribution in [-0.2, 0) is 24.3 Å². The number of nitrogens with one attached hydrogen (secondary N) is 2. The fourth-order valence-corrected chi connectivity index (χ4v) is 6.07. The normalized spacial score (nSPS) is 20.9. The molecular formula is C27H31F4N3O7S. The number of aryl methyl sites for hydroxylation is 1. The van der Waals surface area contributed by atoms with Gasteiger partial charge in [-0.25, -0.2) is 17.6 Å². The van der Waals surface area contributed by atoms with Gasteiger partial charge in [0.1, 0.15) is 17.7 Å². The molecule has 10 nitrogen and oxygen atoms in total. The smallest absolute Gasteiger partial charge is 0.427 e. The lowest BCUT2D eigenvalue weighted by atomic mass is 10.0. The molecule has 0 bridgehead atoms. The van der Waals surface area contributed by atoms with Gasteiger partial charge in [-0.2, -0.15) is 13.2 Å². The van der Waals surface area contributed by atoms with E-state index in [0.717, 1.165) is 22.5 Å². The van der Waals surface area contributed by atoms with Crippen LogP contribution in [0.5, 0.6) is 5.75 Å². The van der Waals surface area contributed by atoms with Crippen molar-refractivity contribution in [2.24, 2.45) is 5.92 Å². The second-order valence-electron chi connectivity index (χ2n) is 10.6. The van der Waals surface area contributed by atoms with Crippen molar-refractivity contribution < 1.29 is 49.8 Å². The molecule has 15 heteroatoms. The topological polar surface area (TPSA) is 123 Å². The molecule has 2 heterocycles. The molecular weight excluding hydrogens is 586 g/mol. The molecule has 0 saturated carbocycles. The molecule has 0 spiro atoms. The zero-order valence-corrected chi connectivity index (χ0v) is 24.1. The Balaban J connectivity index is 1.62. The average molecular weight is 618 g/mol. The summed E-state index contributed by atoms with van der Waals surface area (Å²) in [4.78, 5) is 24.7. The summed E-state index contributed by atoms with van der Waals surface area (Å²) in [5.74, 6) is -1.17. The Morgan fingerprint density at radius 3 is 2.48 bits per heavy atom. The Bertz CT molecular complexity index is 1470. The summed E-state index contributed by atoms with van der Waals surface area (Å²) in [6.45, 7) is 4.69. The van der Waals surface area contributed by atoms with Gasteiger partial charge < -0.3 is 19.5 Å². The molecule has 0 aliphatic carbocycles. The van der Waals surface area contributed by atoms with Crippen LogP contribution in [0.3, 0.4) is 0 Å². The van der Waals surface area contributed by atoms with Crippen LogP contribution in [-0.4, -0.2) is 64.1 Å². The zero-order valence-electron chi connectivity index (χ0n) is 23.2. The monoisotopic (exact) mass is 617 g/mol. The summed E-state index contributed by atoms with van der Waals surface area (Å²) in [5, 5.41) is 4.95. The molecule has 2 N–H and O–H groups in total. The fraction of sp³-hybridized carbons (Fsp3) is 0.481. The van der Waals surface area contributed by atoms with E-state index in [1.807, 2.05) is 0 Å². The number of benzene rings is 2. The molecule has 2 unspecified atom stereocenters. The van der Waals surface area contributed by atoms with E-state index in [0.29, 0.717) is 26.9 Å². The Labute approximate surface area is 240 Å². The first kappa shape index (κ1) is 31.3. The van der Waals surface area contributed by atoms with E-state index in [-0.39, 0.29) is 58.6 Å². The second kappa shape index (κ2) is 11.6. The van der Waals surface area contributed by atoms with Gasteiger partial charge in [0, 0.05) is 12.3 Å². The molecule has 1 saturated heterocycles. The Hall–Kier alpha value is -3.59. The summed E-state index contributed by atoms with van der Waals surface area (Å²) in [6.07, 6.45) is -6.81. The lowest BCUT2D eigenvalue weighted by molar-refractivity contribution is -0.242. The Morgan fingerprint density at radius 2 is 1.86 bits per heavy atom. The number of sulfonamides is 1. The maximum atomic E-state index is 13.9. The third kappa shape index (κ3) is 6.56. The summed E-state index contributed by atoms with van der Waals surface area (Å²) in [6, 6.07) is 7.12. The summed E-state index contributed by atoms with van der Waals surface area (Å²) >= 11 is 0. The highest BCUT2D eigenvalue weighted by Gasteiger charge is 2.51. The number of halogens is 4. The first-order chi connectivity index (χ1) is 19.5. The van der Waals surface area contributed by atoms with Crippen LogP contribution >= 0.6 is 0 Å². The van der Waals surface area contributed by atoms with Crippen molar-refractivity contribution in [1.29, 1.82) is 0 Å². The highest BCUT2D eigenvalue weighted by atomic mass is 32.2. The van der Waals surface area contributed by atoms with Crippen LogP contribution in [0.15, 0.2) is 41.3 Å². The average Bonchev–Trinajstić information content (AvgIpc) is 3.33. The summed E-state index contributed by atoms with van der Waals surface area (Å²) < 4.78 is 97.9. The van der Waals surface area contributed by atoms with E-state index in [2.05, 4.69) is 15.4 Å². The second-order valence-corrected chi connectivity index (χ2v) is 12.5. The molecule has 1 fully saturated rings. The Kier molecular flexibility index (Phi) is 8.65. The van der Waals surface area contributed by atoms with Crippen LogP contribution in [0, 0.1) is 18.7 Å². The van der Waals surface area contributed by atoms with Gasteiger partial charge in [0.15, 0.2) is 0 Å². The van der Waals surface area contributed by atoms with Crippen molar-refractivity contribution in [3.8, 4) is 5.75 Å². The number of rotatable bonds is 7. The van der Waals surface area contributed by atoms with E-state index in [4.69, 9.17) is 9.47 Å². The number of ether oxygens (including phenoxy) is 3.